The monoisotopic (exact) mass is 453 g/mol. The molecular weight excluding hydrogens is 433 g/mol. The number of aliphatic imine (C=N–C) groups is 1. The van der Waals surface area contributed by atoms with Crippen LogP contribution in [0, 0.1) is 5.82 Å². The Morgan fingerprint density at radius 1 is 0.882 bits per heavy atom. The van der Waals surface area contributed by atoms with E-state index in [2.05, 4.69) is 4.99 Å². The molecule has 0 aliphatic rings. The van der Waals surface area contributed by atoms with Crippen molar-refractivity contribution >= 4 is 23.1 Å². The number of hydrogen-bond donors (Lipinski definition) is 1. The Kier molecular flexibility index (Phi) is 5.70. The third-order valence-electron chi connectivity index (χ3n) is 5.31. The summed E-state index contributed by atoms with van der Waals surface area (Å²) >= 11 is 0. The van der Waals surface area contributed by atoms with E-state index in [1.165, 1.54) is 6.07 Å². The average molecular weight is 453 g/mol. The van der Waals surface area contributed by atoms with Crippen molar-refractivity contribution in [2.24, 2.45) is 4.99 Å². The predicted octanol–water partition coefficient (Wildman–Crippen LogP) is 7.50. The van der Waals surface area contributed by atoms with Gasteiger partial charge >= 0.3 is 0 Å². The van der Waals surface area contributed by atoms with Gasteiger partial charge in [-0.15, -0.1) is 0 Å². The Morgan fingerprint density at radius 2 is 1.68 bits per heavy atom. The van der Waals surface area contributed by atoms with Crippen molar-refractivity contribution in [3.63, 3.8) is 0 Å². The van der Waals surface area contributed by atoms with E-state index < -0.39 is 5.82 Å². The van der Waals surface area contributed by atoms with Crippen molar-refractivity contribution in [3.8, 4) is 34.1 Å². The normalized spacial score (nSPS) is 11.2. The molecule has 0 saturated heterocycles. The Bertz CT molecular complexity index is 1470. The van der Waals surface area contributed by atoms with Crippen LogP contribution < -0.4 is 9.47 Å². The van der Waals surface area contributed by atoms with Gasteiger partial charge in [0.15, 0.2) is 11.6 Å². The van der Waals surface area contributed by atoms with Gasteiger partial charge in [-0.2, -0.15) is 0 Å². The zero-order valence-corrected chi connectivity index (χ0v) is 18.2. The summed E-state index contributed by atoms with van der Waals surface area (Å²) in [5, 5.41) is 11.1. The zero-order valence-electron chi connectivity index (χ0n) is 18.2. The van der Waals surface area contributed by atoms with Crippen LogP contribution in [-0.4, -0.2) is 18.4 Å². The van der Waals surface area contributed by atoms with Gasteiger partial charge in [0.25, 0.3) is 0 Å². The highest BCUT2D eigenvalue weighted by molar-refractivity contribution is 6.04. The number of phenolic OH excluding ortho intramolecular Hbond substituents is 1. The molecule has 0 unspecified atom stereocenters. The number of ether oxygens (including phenoxy) is 2. The molecule has 0 aliphatic heterocycles. The quantitative estimate of drug-likeness (QED) is 0.270. The van der Waals surface area contributed by atoms with Gasteiger partial charge in [0.05, 0.1) is 18.1 Å². The summed E-state index contributed by atoms with van der Waals surface area (Å²) in [4.78, 5) is 4.54. The molecule has 0 fully saturated rings. The van der Waals surface area contributed by atoms with Crippen LogP contribution in [0.25, 0.3) is 22.1 Å². The number of methoxy groups -OCH3 is 1. The molecule has 0 saturated carbocycles. The molecule has 1 heterocycles. The van der Waals surface area contributed by atoms with Crippen LogP contribution in [0.2, 0.25) is 0 Å². The molecule has 5 nitrogen and oxygen atoms in total. The second-order valence-corrected chi connectivity index (χ2v) is 7.52. The molecule has 34 heavy (non-hydrogen) atoms. The van der Waals surface area contributed by atoms with Crippen LogP contribution in [0.3, 0.4) is 0 Å². The number of para-hydroxylation sites is 1. The lowest BCUT2D eigenvalue weighted by atomic mass is 10.0. The van der Waals surface area contributed by atoms with Crippen LogP contribution in [0.15, 0.2) is 100 Å². The summed E-state index contributed by atoms with van der Waals surface area (Å²) in [7, 11) is 1.60. The molecule has 0 radical (unpaired) electrons. The van der Waals surface area contributed by atoms with Gasteiger partial charge in [-0.25, -0.2) is 9.38 Å². The van der Waals surface area contributed by atoms with Crippen LogP contribution in [-0.2, 0) is 0 Å². The molecule has 5 aromatic rings. The number of furan rings is 1. The number of phenols is 1. The number of halogens is 1. The average Bonchev–Trinajstić information content (AvgIpc) is 3.25. The minimum absolute atomic E-state index is 0.0905. The minimum Gasteiger partial charge on any atom is -0.507 e. The first-order valence-electron chi connectivity index (χ1n) is 10.6. The first-order valence-corrected chi connectivity index (χ1v) is 10.6. The van der Waals surface area contributed by atoms with Crippen LogP contribution >= 0.6 is 0 Å². The van der Waals surface area contributed by atoms with E-state index in [0.29, 0.717) is 39.5 Å². The smallest absolute Gasteiger partial charge is 0.228 e. The summed E-state index contributed by atoms with van der Waals surface area (Å²) in [5.41, 5.74) is 2.58. The number of hydrogen-bond acceptors (Lipinski definition) is 5. The van der Waals surface area contributed by atoms with E-state index in [-0.39, 0.29) is 11.5 Å². The van der Waals surface area contributed by atoms with Gasteiger partial charge < -0.3 is 19.0 Å². The number of aromatic hydroxyl groups is 1. The molecule has 0 aliphatic carbocycles. The van der Waals surface area contributed by atoms with E-state index >= 15 is 0 Å². The van der Waals surface area contributed by atoms with Gasteiger partial charge in [0.2, 0.25) is 5.88 Å². The largest absolute Gasteiger partial charge is 0.507 e. The van der Waals surface area contributed by atoms with Crippen molar-refractivity contribution in [3.05, 3.63) is 102 Å². The summed E-state index contributed by atoms with van der Waals surface area (Å²) < 4.78 is 31.2. The summed E-state index contributed by atoms with van der Waals surface area (Å²) in [6.07, 6.45) is 1.57. The van der Waals surface area contributed by atoms with Gasteiger partial charge in [0.1, 0.15) is 22.8 Å². The molecule has 168 valence electrons. The molecule has 0 spiro atoms. The molecule has 5 rings (SSSR count). The van der Waals surface area contributed by atoms with E-state index in [1.54, 1.807) is 55.8 Å². The molecule has 0 bridgehead atoms. The van der Waals surface area contributed by atoms with Gasteiger partial charge in [0, 0.05) is 6.21 Å². The van der Waals surface area contributed by atoms with Crippen LogP contribution in [0.4, 0.5) is 10.3 Å². The number of benzene rings is 4. The number of rotatable bonds is 6. The summed E-state index contributed by atoms with van der Waals surface area (Å²) in [5.74, 6) is 1.26. The zero-order chi connectivity index (χ0) is 23.5. The molecule has 1 aromatic heterocycles. The first kappa shape index (κ1) is 21.3. The van der Waals surface area contributed by atoms with Gasteiger partial charge in [-0.1, -0.05) is 42.5 Å². The van der Waals surface area contributed by atoms with Gasteiger partial charge in [-0.3, -0.25) is 0 Å². The predicted molar refractivity (Wildman–Crippen MR) is 130 cm³/mol. The van der Waals surface area contributed by atoms with E-state index in [4.69, 9.17) is 13.9 Å². The fraction of sp³-hybridized carbons (Fsp3) is 0.0357. The van der Waals surface area contributed by atoms with Crippen molar-refractivity contribution < 1.29 is 23.4 Å². The topological polar surface area (TPSA) is 64.2 Å². The highest BCUT2D eigenvalue weighted by Crippen LogP contribution is 2.44. The fourth-order valence-electron chi connectivity index (χ4n) is 3.66. The Hall–Kier alpha value is -4.58. The Labute approximate surface area is 195 Å². The molecular formula is C28H20FNO4. The highest BCUT2D eigenvalue weighted by atomic mass is 19.1. The number of nitrogens with zero attached hydrogens (tertiary/aromatic N) is 1. The van der Waals surface area contributed by atoms with E-state index in [9.17, 15) is 9.50 Å². The summed E-state index contributed by atoms with van der Waals surface area (Å²) in [6, 6.07) is 26.0. The second kappa shape index (κ2) is 9.11. The standard InChI is InChI=1S/C28H20FNO4/c1-32-20-13-11-19(12-14-20)26-27-23(31)8-5-9-24(27)34-28(26)30-17-18-10-15-22(29)25(16-18)33-21-6-3-2-4-7-21/h2-17,31H,1H3. The molecule has 0 amide bonds. The maximum Gasteiger partial charge on any atom is 0.228 e. The fourth-order valence-corrected chi connectivity index (χ4v) is 3.66. The minimum atomic E-state index is -0.478. The van der Waals surface area contributed by atoms with Crippen molar-refractivity contribution in [1.29, 1.82) is 0 Å². The highest BCUT2D eigenvalue weighted by Gasteiger charge is 2.18. The maximum absolute atomic E-state index is 14.3. The maximum atomic E-state index is 14.3. The second-order valence-electron chi connectivity index (χ2n) is 7.52. The Morgan fingerprint density at radius 3 is 2.44 bits per heavy atom. The molecule has 6 heteroatoms. The lowest BCUT2D eigenvalue weighted by molar-refractivity contribution is 0.415. The first-order chi connectivity index (χ1) is 16.6. The van der Waals surface area contributed by atoms with E-state index in [0.717, 1.165) is 5.56 Å². The van der Waals surface area contributed by atoms with Crippen LogP contribution in [0.1, 0.15) is 5.56 Å². The van der Waals surface area contributed by atoms with Gasteiger partial charge in [-0.05, 0) is 59.7 Å². The van der Waals surface area contributed by atoms with Crippen molar-refractivity contribution in [2.75, 3.05) is 7.11 Å². The lowest BCUT2D eigenvalue weighted by Gasteiger charge is -2.07. The lowest BCUT2D eigenvalue weighted by Crippen LogP contribution is -1.90. The summed E-state index contributed by atoms with van der Waals surface area (Å²) in [6.45, 7) is 0. The SMILES string of the molecule is COc1ccc(-c2c(N=Cc3ccc(F)c(Oc4ccccc4)c3)oc3cccc(O)c23)cc1. The third kappa shape index (κ3) is 4.21. The Balaban J connectivity index is 1.54. The van der Waals surface area contributed by atoms with Crippen molar-refractivity contribution in [2.45, 2.75) is 0 Å². The third-order valence-corrected chi connectivity index (χ3v) is 5.31. The molecule has 1 N–H and O–H groups in total. The van der Waals surface area contributed by atoms with E-state index in [1.807, 2.05) is 42.5 Å². The molecule has 0 atom stereocenters. The number of fused-ring (bicyclic) bond motifs is 1. The molecule has 4 aromatic carbocycles. The van der Waals surface area contributed by atoms with Crippen molar-refractivity contribution in [1.82, 2.24) is 0 Å². The van der Waals surface area contributed by atoms with Crippen LogP contribution in [0.5, 0.6) is 23.0 Å².